The van der Waals surface area contributed by atoms with Crippen molar-refractivity contribution in [3.8, 4) is 5.69 Å². The first-order valence-electron chi connectivity index (χ1n) is 7.76. The van der Waals surface area contributed by atoms with Gasteiger partial charge in [-0.05, 0) is 31.9 Å². The third-order valence-corrected chi connectivity index (χ3v) is 3.40. The molecule has 118 valence electrons. The first-order valence-corrected chi connectivity index (χ1v) is 7.76. The highest BCUT2D eigenvalue weighted by Crippen LogP contribution is 2.15. The number of para-hydroxylation sites is 1. The van der Waals surface area contributed by atoms with Crippen LogP contribution in [0.3, 0.4) is 0 Å². The molecule has 0 saturated carbocycles. The van der Waals surface area contributed by atoms with E-state index in [2.05, 4.69) is 10.4 Å². The highest BCUT2D eigenvalue weighted by Gasteiger charge is 2.16. The number of carbonyl (C=O) groups is 1. The van der Waals surface area contributed by atoms with Gasteiger partial charge in [-0.2, -0.15) is 5.10 Å². The maximum Gasteiger partial charge on any atom is 0.254 e. The first-order chi connectivity index (χ1) is 10.8. The standard InChI is InChI=1S/C17H23N3O2/c1-3-16-15(17(21)18-11-8-12-22-4-2)13-19-20(16)14-9-6-5-7-10-14/h5-7,9-10,13H,3-4,8,11-12H2,1-2H3,(H,18,21). The van der Waals surface area contributed by atoms with Gasteiger partial charge < -0.3 is 10.1 Å². The molecule has 0 saturated heterocycles. The Labute approximate surface area is 131 Å². The van der Waals surface area contributed by atoms with Crippen molar-refractivity contribution in [3.05, 3.63) is 47.8 Å². The molecule has 1 amide bonds. The summed E-state index contributed by atoms with van der Waals surface area (Å²) in [5, 5.41) is 7.29. The van der Waals surface area contributed by atoms with Gasteiger partial charge in [0.1, 0.15) is 0 Å². The van der Waals surface area contributed by atoms with Crippen molar-refractivity contribution in [2.75, 3.05) is 19.8 Å². The second kappa shape index (κ2) is 8.34. The van der Waals surface area contributed by atoms with Crippen molar-refractivity contribution < 1.29 is 9.53 Å². The topological polar surface area (TPSA) is 56.1 Å². The molecule has 5 nitrogen and oxygen atoms in total. The van der Waals surface area contributed by atoms with Crippen molar-refractivity contribution in [1.29, 1.82) is 0 Å². The number of nitrogens with one attached hydrogen (secondary N) is 1. The lowest BCUT2D eigenvalue weighted by Crippen LogP contribution is -2.26. The van der Waals surface area contributed by atoms with E-state index in [9.17, 15) is 4.79 Å². The van der Waals surface area contributed by atoms with Crippen LogP contribution in [0.15, 0.2) is 36.5 Å². The predicted octanol–water partition coefficient (Wildman–Crippen LogP) is 2.59. The van der Waals surface area contributed by atoms with Gasteiger partial charge in [0.15, 0.2) is 0 Å². The van der Waals surface area contributed by atoms with Crippen molar-refractivity contribution in [1.82, 2.24) is 15.1 Å². The second-order valence-corrected chi connectivity index (χ2v) is 4.91. The fourth-order valence-electron chi connectivity index (χ4n) is 2.31. The van der Waals surface area contributed by atoms with Crippen LogP contribution in [-0.2, 0) is 11.2 Å². The zero-order chi connectivity index (χ0) is 15.8. The molecule has 0 atom stereocenters. The summed E-state index contributed by atoms with van der Waals surface area (Å²) < 4.78 is 7.09. The quantitative estimate of drug-likeness (QED) is 0.763. The molecule has 0 aliphatic rings. The monoisotopic (exact) mass is 301 g/mol. The highest BCUT2D eigenvalue weighted by molar-refractivity contribution is 5.95. The summed E-state index contributed by atoms with van der Waals surface area (Å²) in [6.45, 7) is 5.98. The Hall–Kier alpha value is -2.14. The fourth-order valence-corrected chi connectivity index (χ4v) is 2.31. The molecular formula is C17H23N3O2. The lowest BCUT2D eigenvalue weighted by molar-refractivity contribution is 0.0943. The van der Waals surface area contributed by atoms with E-state index in [1.165, 1.54) is 0 Å². The lowest BCUT2D eigenvalue weighted by Gasteiger charge is -2.08. The van der Waals surface area contributed by atoms with E-state index < -0.39 is 0 Å². The Morgan fingerprint density at radius 3 is 2.73 bits per heavy atom. The Bertz CT molecular complexity index is 593. The minimum Gasteiger partial charge on any atom is -0.382 e. The number of aromatic nitrogens is 2. The molecule has 0 aliphatic carbocycles. The maximum atomic E-state index is 12.3. The van der Waals surface area contributed by atoms with E-state index in [0.717, 1.165) is 24.2 Å². The van der Waals surface area contributed by atoms with Crippen LogP contribution in [-0.4, -0.2) is 35.4 Å². The molecule has 0 radical (unpaired) electrons. The molecule has 0 fully saturated rings. The third kappa shape index (κ3) is 3.95. The Morgan fingerprint density at radius 1 is 1.27 bits per heavy atom. The number of amides is 1. The Balaban J connectivity index is 2.05. The molecule has 1 aromatic heterocycles. The van der Waals surface area contributed by atoms with Gasteiger partial charge in [-0.3, -0.25) is 4.79 Å². The maximum absolute atomic E-state index is 12.3. The first kappa shape index (κ1) is 16.2. The van der Waals surface area contributed by atoms with Crippen molar-refractivity contribution >= 4 is 5.91 Å². The molecule has 22 heavy (non-hydrogen) atoms. The summed E-state index contributed by atoms with van der Waals surface area (Å²) in [6.07, 6.45) is 3.20. The third-order valence-electron chi connectivity index (χ3n) is 3.40. The van der Waals surface area contributed by atoms with E-state index in [-0.39, 0.29) is 5.91 Å². The van der Waals surface area contributed by atoms with Gasteiger partial charge >= 0.3 is 0 Å². The zero-order valence-corrected chi connectivity index (χ0v) is 13.2. The summed E-state index contributed by atoms with van der Waals surface area (Å²) in [5.74, 6) is -0.0736. The fraction of sp³-hybridized carbons (Fsp3) is 0.412. The van der Waals surface area contributed by atoms with E-state index in [1.54, 1.807) is 6.20 Å². The van der Waals surface area contributed by atoms with Crippen molar-refractivity contribution in [3.63, 3.8) is 0 Å². The summed E-state index contributed by atoms with van der Waals surface area (Å²) in [5.41, 5.74) is 2.53. The Morgan fingerprint density at radius 2 is 2.05 bits per heavy atom. The van der Waals surface area contributed by atoms with Crippen LogP contribution < -0.4 is 5.32 Å². The van der Waals surface area contributed by atoms with E-state index in [4.69, 9.17) is 4.74 Å². The molecule has 5 heteroatoms. The molecule has 1 N–H and O–H groups in total. The number of hydrogen-bond donors (Lipinski definition) is 1. The van der Waals surface area contributed by atoms with Gasteiger partial charge in [-0.1, -0.05) is 25.1 Å². The average molecular weight is 301 g/mol. The summed E-state index contributed by atoms with van der Waals surface area (Å²) in [4.78, 5) is 12.3. The van der Waals surface area contributed by atoms with Crippen LogP contribution in [0.1, 0.15) is 36.3 Å². The number of ether oxygens (including phenoxy) is 1. The molecular weight excluding hydrogens is 278 g/mol. The van der Waals surface area contributed by atoms with Crippen LogP contribution in [0.5, 0.6) is 0 Å². The zero-order valence-electron chi connectivity index (χ0n) is 13.2. The van der Waals surface area contributed by atoms with Crippen LogP contribution in [0.2, 0.25) is 0 Å². The summed E-state index contributed by atoms with van der Waals surface area (Å²) >= 11 is 0. The molecule has 1 aromatic carbocycles. The Kier molecular flexibility index (Phi) is 6.15. The number of hydrogen-bond acceptors (Lipinski definition) is 3. The molecule has 0 spiro atoms. The molecule has 2 rings (SSSR count). The number of benzene rings is 1. The van der Waals surface area contributed by atoms with Gasteiger partial charge in [0.2, 0.25) is 0 Å². The molecule has 0 aliphatic heterocycles. The number of nitrogens with zero attached hydrogens (tertiary/aromatic N) is 2. The molecule has 0 unspecified atom stereocenters. The van der Waals surface area contributed by atoms with E-state index >= 15 is 0 Å². The lowest BCUT2D eigenvalue weighted by atomic mass is 10.2. The highest BCUT2D eigenvalue weighted by atomic mass is 16.5. The second-order valence-electron chi connectivity index (χ2n) is 4.91. The summed E-state index contributed by atoms with van der Waals surface area (Å²) in [6, 6.07) is 9.85. The van der Waals surface area contributed by atoms with Crippen LogP contribution >= 0.6 is 0 Å². The normalized spacial score (nSPS) is 10.6. The van der Waals surface area contributed by atoms with Gasteiger partial charge in [0.05, 0.1) is 23.1 Å². The molecule has 1 heterocycles. The van der Waals surface area contributed by atoms with Gasteiger partial charge in [-0.25, -0.2) is 4.68 Å². The SMILES string of the molecule is CCOCCCNC(=O)c1cnn(-c2ccccc2)c1CC. The van der Waals surface area contributed by atoms with Crippen molar-refractivity contribution in [2.45, 2.75) is 26.7 Å². The minimum absolute atomic E-state index is 0.0736. The average Bonchev–Trinajstić information content (AvgIpc) is 2.99. The predicted molar refractivity (Wildman–Crippen MR) is 86.4 cm³/mol. The van der Waals surface area contributed by atoms with Gasteiger partial charge in [0, 0.05) is 19.8 Å². The number of rotatable bonds is 8. The van der Waals surface area contributed by atoms with Crippen LogP contribution in [0, 0.1) is 0 Å². The van der Waals surface area contributed by atoms with Gasteiger partial charge in [0.25, 0.3) is 5.91 Å². The van der Waals surface area contributed by atoms with Gasteiger partial charge in [-0.15, -0.1) is 0 Å². The molecule has 2 aromatic rings. The van der Waals surface area contributed by atoms with Crippen molar-refractivity contribution in [2.24, 2.45) is 0 Å². The smallest absolute Gasteiger partial charge is 0.254 e. The van der Waals surface area contributed by atoms with Crippen LogP contribution in [0.4, 0.5) is 0 Å². The number of carbonyl (C=O) groups excluding carboxylic acids is 1. The minimum atomic E-state index is -0.0736. The van der Waals surface area contributed by atoms with Crippen LogP contribution in [0.25, 0.3) is 5.69 Å². The summed E-state index contributed by atoms with van der Waals surface area (Å²) in [7, 11) is 0. The van der Waals surface area contributed by atoms with E-state index in [1.807, 2.05) is 48.9 Å². The molecule has 0 bridgehead atoms. The van der Waals surface area contributed by atoms with E-state index in [0.29, 0.717) is 25.3 Å². The largest absolute Gasteiger partial charge is 0.382 e.